The number of nitrogen functional groups attached to an aromatic ring is 2. The van der Waals surface area contributed by atoms with Crippen molar-refractivity contribution in [3.63, 3.8) is 0 Å². The van der Waals surface area contributed by atoms with Crippen molar-refractivity contribution in [2.75, 3.05) is 18.9 Å². The van der Waals surface area contributed by atoms with E-state index in [0.717, 1.165) is 11.3 Å². The molecule has 18 heteroatoms. The molecule has 1 aromatic carbocycles. The van der Waals surface area contributed by atoms with Gasteiger partial charge in [-0.15, -0.1) is 15.6 Å². The molecular formula is C21H30N6O9S3. The zero-order valence-electron chi connectivity index (χ0n) is 20.1. The molecule has 1 unspecified atom stereocenters. The number of phenols is 1. The molecule has 216 valence electrons. The second kappa shape index (κ2) is 13.1. The number of nitrogens with one attached hydrogen (secondary N) is 1. The number of nitrogens with zero attached hydrogens (tertiary/aromatic N) is 3. The lowest BCUT2D eigenvalue weighted by atomic mass is 9.74. The summed E-state index contributed by atoms with van der Waals surface area (Å²) in [6.45, 7) is 2.78. The number of ketones is 1. The van der Waals surface area contributed by atoms with E-state index in [-0.39, 0.29) is 80.0 Å². The van der Waals surface area contributed by atoms with Crippen molar-refractivity contribution in [2.45, 2.75) is 33.2 Å². The van der Waals surface area contributed by atoms with Gasteiger partial charge in [-0.3, -0.25) is 19.6 Å². The highest BCUT2D eigenvalue weighted by atomic mass is 32.3. The van der Waals surface area contributed by atoms with Crippen molar-refractivity contribution in [2.24, 2.45) is 16.8 Å². The third-order valence-corrected chi connectivity index (χ3v) is 6.33. The molecule has 0 saturated carbocycles. The highest BCUT2D eigenvalue weighted by molar-refractivity contribution is 7.80. The van der Waals surface area contributed by atoms with E-state index >= 15 is 0 Å². The Morgan fingerprint density at radius 3 is 2.51 bits per heavy atom. The number of rotatable bonds is 12. The van der Waals surface area contributed by atoms with E-state index in [4.69, 9.17) is 31.0 Å². The number of thiazole rings is 1. The molecule has 7 N–H and O–H groups in total. The van der Waals surface area contributed by atoms with Crippen LogP contribution in [0.3, 0.4) is 0 Å². The molecule has 2 heterocycles. The molecule has 39 heavy (non-hydrogen) atoms. The molecule has 0 bridgehead atoms. The Labute approximate surface area is 235 Å². The summed E-state index contributed by atoms with van der Waals surface area (Å²) in [5.41, 5.74) is 9.84. The number of hydrogen-bond donors (Lipinski definition) is 5. The minimum absolute atomic E-state index is 0. The number of phenolic OH excluding ortho intramolecular Hbond substituents is 1. The fraction of sp³-hybridized carbons (Fsp3) is 0.381. The van der Waals surface area contributed by atoms with Crippen molar-refractivity contribution >= 4 is 63.6 Å². The molecule has 1 aromatic heterocycles. The molecule has 2 aromatic rings. The van der Waals surface area contributed by atoms with Crippen LogP contribution in [0.15, 0.2) is 28.7 Å². The van der Waals surface area contributed by atoms with Gasteiger partial charge >= 0.3 is 10.4 Å². The van der Waals surface area contributed by atoms with Gasteiger partial charge in [-0.1, -0.05) is 12.6 Å². The molecule has 1 atom stereocenters. The smallest absolute Gasteiger partial charge is 0.418 e. The number of aromatic nitrogens is 1. The number of aromatic hydroxyl groups is 1. The van der Waals surface area contributed by atoms with Crippen LogP contribution in [0.4, 0.5) is 5.13 Å². The fourth-order valence-electron chi connectivity index (χ4n) is 3.42. The highest BCUT2D eigenvalue weighted by Gasteiger charge is 2.57. The van der Waals surface area contributed by atoms with E-state index < -0.39 is 33.5 Å². The SMILES string of the molecule is C.CC1(C)C(CC(=O)/C(=N\OCCOc2ccc(C(=N)N)c(O)c2)c2csc(N)n2)C(=O)N1OS(=O)(=O)O.S. The van der Waals surface area contributed by atoms with Gasteiger partial charge in [-0.2, -0.15) is 27.0 Å². The van der Waals surface area contributed by atoms with Crippen molar-refractivity contribution in [3.05, 3.63) is 34.8 Å². The molecule has 15 nitrogen and oxygen atoms in total. The first-order valence-electron chi connectivity index (χ1n) is 10.5. The Hall–Kier alpha value is -3.45. The number of carbonyl (C=O) groups is 2. The molecule has 0 aliphatic carbocycles. The largest absolute Gasteiger partial charge is 0.507 e. The first kappa shape index (κ1) is 33.6. The summed E-state index contributed by atoms with van der Waals surface area (Å²) in [6, 6.07) is 4.19. The number of β-lactam (4-membered cyclic amide) rings is 1. The van der Waals surface area contributed by atoms with Crippen molar-refractivity contribution in [3.8, 4) is 11.5 Å². The molecule has 1 saturated heterocycles. The number of anilines is 1. The Bertz CT molecular complexity index is 1360. The predicted octanol–water partition coefficient (Wildman–Crippen LogP) is 1.19. The standard InChI is InChI=1S/C20H24N6O9S2.CH4.H2S/c1-20(2)12(18(29)26(20)35-37(30,31)32)8-15(28)16(13-9-36-19(23)24-13)25-34-6-5-33-10-3-4-11(17(21)22)14(27)7-10;;/h3-4,7,9,12,27H,5-6,8H2,1-2H3,(H3,21,22)(H2,23,24)(H,30,31,32);1H4;1H2/b25-16-;;. The van der Waals surface area contributed by atoms with E-state index in [1.807, 2.05) is 0 Å². The van der Waals surface area contributed by atoms with Crippen LogP contribution in [0.5, 0.6) is 11.5 Å². The number of nitrogens with two attached hydrogens (primary N) is 2. The summed E-state index contributed by atoms with van der Waals surface area (Å²) in [5.74, 6) is -2.67. The molecule has 1 aliphatic rings. The molecule has 0 spiro atoms. The number of Topliss-reactive ketones (excluding diaryl/α,β-unsaturated/α-hetero) is 1. The third kappa shape index (κ3) is 8.02. The van der Waals surface area contributed by atoms with Crippen LogP contribution in [-0.4, -0.2) is 70.1 Å². The lowest BCUT2D eigenvalue weighted by molar-refractivity contribution is -0.228. The number of benzene rings is 1. The van der Waals surface area contributed by atoms with Crippen LogP contribution in [0.1, 0.15) is 39.0 Å². The predicted molar refractivity (Wildman–Crippen MR) is 147 cm³/mol. The Balaban J connectivity index is 0.00000380. The first-order valence-corrected chi connectivity index (χ1v) is 12.7. The highest BCUT2D eigenvalue weighted by Crippen LogP contribution is 2.40. The minimum atomic E-state index is -4.93. The van der Waals surface area contributed by atoms with Gasteiger partial charge in [0.25, 0.3) is 5.91 Å². The summed E-state index contributed by atoms with van der Waals surface area (Å²) in [6.07, 6.45) is -0.380. The maximum absolute atomic E-state index is 13.0. The summed E-state index contributed by atoms with van der Waals surface area (Å²) in [4.78, 5) is 34.7. The lowest BCUT2D eigenvalue weighted by Crippen LogP contribution is -2.68. The summed E-state index contributed by atoms with van der Waals surface area (Å²) >= 11 is 1.06. The van der Waals surface area contributed by atoms with E-state index in [0.29, 0.717) is 5.06 Å². The average molecular weight is 607 g/mol. The van der Waals surface area contributed by atoms with E-state index in [1.165, 1.54) is 37.4 Å². The van der Waals surface area contributed by atoms with Gasteiger partial charge in [0.1, 0.15) is 29.6 Å². The van der Waals surface area contributed by atoms with Gasteiger partial charge in [-0.05, 0) is 26.0 Å². The third-order valence-electron chi connectivity index (χ3n) is 5.32. The summed E-state index contributed by atoms with van der Waals surface area (Å²) < 4.78 is 40.6. The number of hydrogen-bond acceptors (Lipinski definition) is 13. The van der Waals surface area contributed by atoms with E-state index in [2.05, 4.69) is 14.4 Å². The van der Waals surface area contributed by atoms with Crippen molar-refractivity contribution < 1.29 is 41.5 Å². The van der Waals surface area contributed by atoms with Gasteiger partial charge in [-0.25, -0.2) is 4.98 Å². The number of carbonyl (C=O) groups excluding carboxylic acids is 2. The van der Waals surface area contributed by atoms with Crippen LogP contribution < -0.4 is 16.2 Å². The lowest BCUT2D eigenvalue weighted by Gasteiger charge is -2.50. The van der Waals surface area contributed by atoms with Gasteiger partial charge in [0.2, 0.25) is 0 Å². The molecule has 0 radical (unpaired) electrons. The molecular weight excluding hydrogens is 576 g/mol. The Morgan fingerprint density at radius 1 is 1.33 bits per heavy atom. The number of oxime groups is 1. The van der Waals surface area contributed by atoms with Gasteiger partial charge < -0.3 is 26.1 Å². The first-order chi connectivity index (χ1) is 17.2. The fourth-order valence-corrected chi connectivity index (χ4v) is 4.42. The van der Waals surface area contributed by atoms with Gasteiger partial charge in [0.15, 0.2) is 23.2 Å². The topological polar surface area (TPSA) is 241 Å². The van der Waals surface area contributed by atoms with Gasteiger partial charge in [0.05, 0.1) is 17.0 Å². The molecule has 1 amide bonds. The summed E-state index contributed by atoms with van der Waals surface area (Å²) in [5, 5.41) is 23.2. The normalized spacial score (nSPS) is 16.4. The molecule has 1 fully saturated rings. The van der Waals surface area contributed by atoms with Crippen LogP contribution in [0.25, 0.3) is 0 Å². The monoisotopic (exact) mass is 606 g/mol. The Kier molecular flexibility index (Phi) is 11.3. The second-order valence-corrected chi connectivity index (χ2v) is 10.1. The number of ether oxygens (including phenoxy) is 1. The Morgan fingerprint density at radius 2 is 2.00 bits per heavy atom. The minimum Gasteiger partial charge on any atom is -0.507 e. The second-order valence-electron chi connectivity index (χ2n) is 8.25. The van der Waals surface area contributed by atoms with Crippen LogP contribution in [-0.2, 0) is 29.1 Å². The zero-order valence-corrected chi connectivity index (χ0v) is 22.7. The maximum atomic E-state index is 13.0. The van der Waals surface area contributed by atoms with Crippen LogP contribution in [0, 0.1) is 11.3 Å². The number of amidine groups is 1. The molecule has 1 aliphatic heterocycles. The maximum Gasteiger partial charge on any atom is 0.418 e. The van der Waals surface area contributed by atoms with E-state index in [1.54, 1.807) is 0 Å². The van der Waals surface area contributed by atoms with Crippen molar-refractivity contribution in [1.29, 1.82) is 5.41 Å². The van der Waals surface area contributed by atoms with Crippen LogP contribution in [0.2, 0.25) is 0 Å². The number of hydroxylamine groups is 2. The van der Waals surface area contributed by atoms with Gasteiger partial charge in [0, 0.05) is 17.9 Å². The molecule has 3 rings (SSSR count). The zero-order chi connectivity index (χ0) is 27.5. The quantitative estimate of drug-likeness (QED) is 0.0571. The van der Waals surface area contributed by atoms with Crippen molar-refractivity contribution in [1.82, 2.24) is 10.0 Å². The van der Waals surface area contributed by atoms with Crippen LogP contribution >= 0.6 is 24.8 Å². The number of amides is 1. The summed E-state index contributed by atoms with van der Waals surface area (Å²) in [7, 11) is -4.93. The average Bonchev–Trinajstić information content (AvgIpc) is 3.22. The van der Waals surface area contributed by atoms with E-state index in [9.17, 15) is 23.1 Å².